The van der Waals surface area contributed by atoms with Gasteiger partial charge in [0.25, 0.3) is 5.91 Å². The van der Waals surface area contributed by atoms with Crippen LogP contribution in [-0.2, 0) is 4.74 Å². The molecule has 2 rings (SSSR count). The van der Waals surface area contributed by atoms with Gasteiger partial charge in [0, 0.05) is 18.7 Å². The number of likely N-dealkylation sites (tertiary alicyclic amines) is 1. The molecule has 0 unspecified atom stereocenters. The molecule has 1 fully saturated rings. The molecule has 0 aliphatic carbocycles. The van der Waals surface area contributed by atoms with Gasteiger partial charge in [0.1, 0.15) is 5.75 Å². The van der Waals surface area contributed by atoms with E-state index in [1.165, 1.54) is 12.1 Å². The number of piperidine rings is 1. The minimum atomic E-state index is -0.0133. The molecule has 0 radical (unpaired) electrons. The molecular weight excluding hydrogens is 246 g/mol. The van der Waals surface area contributed by atoms with E-state index in [4.69, 9.17) is 9.84 Å². The van der Waals surface area contributed by atoms with Gasteiger partial charge < -0.3 is 19.8 Å². The normalized spacial score (nSPS) is 16.6. The first kappa shape index (κ1) is 13.8. The first-order valence-electron chi connectivity index (χ1n) is 6.51. The molecule has 19 heavy (non-hydrogen) atoms. The highest BCUT2D eigenvalue weighted by molar-refractivity contribution is 5.94. The fraction of sp³-hybridized carbons (Fsp3) is 0.500. The summed E-state index contributed by atoms with van der Waals surface area (Å²) in [6, 6.07) is 6.30. The predicted octanol–water partition coefficient (Wildman–Crippen LogP) is 1.01. The number of amides is 1. The Morgan fingerprint density at radius 2 is 1.89 bits per heavy atom. The van der Waals surface area contributed by atoms with Crippen LogP contribution in [0.2, 0.25) is 0 Å². The van der Waals surface area contributed by atoms with Crippen LogP contribution in [0.25, 0.3) is 0 Å². The third-order valence-electron chi connectivity index (χ3n) is 3.29. The first-order valence-corrected chi connectivity index (χ1v) is 6.51. The SMILES string of the molecule is O=C(c1ccc(O)cc1)N1CCC(OCCO)CC1. The summed E-state index contributed by atoms with van der Waals surface area (Å²) >= 11 is 0. The number of aliphatic hydroxyl groups excluding tert-OH is 1. The van der Waals surface area contributed by atoms with Crippen LogP contribution in [0.4, 0.5) is 0 Å². The molecule has 2 N–H and O–H groups in total. The molecule has 1 aromatic carbocycles. The maximum absolute atomic E-state index is 12.2. The monoisotopic (exact) mass is 265 g/mol. The summed E-state index contributed by atoms with van der Waals surface area (Å²) in [4.78, 5) is 14.0. The van der Waals surface area contributed by atoms with Crippen LogP contribution in [0.5, 0.6) is 5.75 Å². The van der Waals surface area contributed by atoms with Gasteiger partial charge in [0.15, 0.2) is 0 Å². The molecule has 1 aliphatic rings. The van der Waals surface area contributed by atoms with Crippen LogP contribution >= 0.6 is 0 Å². The van der Waals surface area contributed by atoms with Crippen LogP contribution in [0.15, 0.2) is 24.3 Å². The van der Waals surface area contributed by atoms with Crippen molar-refractivity contribution in [3.8, 4) is 5.75 Å². The van der Waals surface area contributed by atoms with Crippen LogP contribution in [0, 0.1) is 0 Å². The third kappa shape index (κ3) is 3.68. The lowest BCUT2D eigenvalue weighted by Gasteiger charge is -2.31. The Morgan fingerprint density at radius 3 is 2.47 bits per heavy atom. The largest absolute Gasteiger partial charge is 0.508 e. The van der Waals surface area contributed by atoms with E-state index in [2.05, 4.69) is 0 Å². The van der Waals surface area contributed by atoms with Gasteiger partial charge >= 0.3 is 0 Å². The highest BCUT2D eigenvalue weighted by Gasteiger charge is 2.23. The van der Waals surface area contributed by atoms with E-state index in [1.807, 2.05) is 0 Å². The van der Waals surface area contributed by atoms with E-state index in [0.717, 1.165) is 12.8 Å². The molecule has 1 heterocycles. The summed E-state index contributed by atoms with van der Waals surface area (Å²) in [5, 5.41) is 17.9. The maximum Gasteiger partial charge on any atom is 0.253 e. The van der Waals surface area contributed by atoms with E-state index in [9.17, 15) is 9.90 Å². The Balaban J connectivity index is 1.87. The summed E-state index contributed by atoms with van der Waals surface area (Å²) in [6.07, 6.45) is 1.73. The highest BCUT2D eigenvalue weighted by Crippen LogP contribution is 2.17. The number of aliphatic hydroxyl groups is 1. The number of rotatable bonds is 4. The third-order valence-corrected chi connectivity index (χ3v) is 3.29. The summed E-state index contributed by atoms with van der Waals surface area (Å²) in [5.74, 6) is 0.147. The number of benzene rings is 1. The fourth-order valence-corrected chi connectivity index (χ4v) is 2.23. The molecule has 0 spiro atoms. The van der Waals surface area contributed by atoms with Crippen LogP contribution < -0.4 is 0 Å². The molecule has 1 aromatic rings. The zero-order valence-corrected chi connectivity index (χ0v) is 10.8. The summed E-state index contributed by atoms with van der Waals surface area (Å²) in [6.45, 7) is 1.72. The fourth-order valence-electron chi connectivity index (χ4n) is 2.23. The van der Waals surface area contributed by atoms with Crippen molar-refractivity contribution >= 4 is 5.91 Å². The average molecular weight is 265 g/mol. The van der Waals surface area contributed by atoms with Gasteiger partial charge in [-0.3, -0.25) is 4.79 Å². The minimum absolute atomic E-state index is 0.0133. The molecule has 1 saturated heterocycles. The first-order chi connectivity index (χ1) is 9.20. The van der Waals surface area contributed by atoms with Gasteiger partial charge in [-0.25, -0.2) is 0 Å². The number of carbonyl (C=O) groups is 1. The Hall–Kier alpha value is -1.59. The van der Waals surface area contributed by atoms with E-state index < -0.39 is 0 Å². The lowest BCUT2D eigenvalue weighted by molar-refractivity contribution is -0.00554. The Kier molecular flexibility index (Phi) is 4.76. The van der Waals surface area contributed by atoms with Crippen LogP contribution in [0.3, 0.4) is 0 Å². The molecular formula is C14H19NO4. The molecule has 0 atom stereocenters. The zero-order valence-electron chi connectivity index (χ0n) is 10.8. The Morgan fingerprint density at radius 1 is 1.26 bits per heavy atom. The van der Waals surface area contributed by atoms with Gasteiger partial charge in [-0.15, -0.1) is 0 Å². The average Bonchev–Trinajstić information content (AvgIpc) is 2.46. The molecule has 0 aromatic heterocycles. The molecule has 104 valence electrons. The van der Waals surface area contributed by atoms with Gasteiger partial charge in [-0.05, 0) is 37.1 Å². The Bertz CT molecular complexity index is 410. The minimum Gasteiger partial charge on any atom is -0.508 e. The molecule has 5 heteroatoms. The van der Waals surface area contributed by atoms with Crippen molar-refractivity contribution in [3.63, 3.8) is 0 Å². The summed E-state index contributed by atoms with van der Waals surface area (Å²) < 4.78 is 5.46. The molecule has 1 amide bonds. The zero-order chi connectivity index (χ0) is 13.7. The molecule has 0 saturated carbocycles. The lowest BCUT2D eigenvalue weighted by Crippen LogP contribution is -2.41. The van der Waals surface area contributed by atoms with Gasteiger partial charge in [0.05, 0.1) is 19.3 Å². The second-order valence-electron chi connectivity index (χ2n) is 4.63. The Labute approximate surface area is 112 Å². The maximum atomic E-state index is 12.2. The summed E-state index contributed by atoms with van der Waals surface area (Å²) in [7, 11) is 0. The van der Waals surface area contributed by atoms with Crippen LogP contribution in [-0.4, -0.2) is 53.4 Å². The predicted molar refractivity (Wildman–Crippen MR) is 70.1 cm³/mol. The van der Waals surface area contributed by atoms with Gasteiger partial charge in [-0.2, -0.15) is 0 Å². The van der Waals surface area contributed by atoms with Crippen molar-refractivity contribution in [1.82, 2.24) is 4.90 Å². The number of aromatic hydroxyl groups is 1. The van der Waals surface area contributed by atoms with Crippen LogP contribution in [0.1, 0.15) is 23.2 Å². The smallest absolute Gasteiger partial charge is 0.253 e. The van der Waals surface area contributed by atoms with E-state index in [1.54, 1.807) is 17.0 Å². The van der Waals surface area contributed by atoms with E-state index in [-0.39, 0.29) is 24.4 Å². The van der Waals surface area contributed by atoms with Crippen molar-refractivity contribution in [3.05, 3.63) is 29.8 Å². The highest BCUT2D eigenvalue weighted by atomic mass is 16.5. The van der Waals surface area contributed by atoms with Crippen molar-refractivity contribution in [2.45, 2.75) is 18.9 Å². The lowest BCUT2D eigenvalue weighted by atomic mass is 10.1. The second kappa shape index (κ2) is 6.54. The molecule has 1 aliphatic heterocycles. The van der Waals surface area contributed by atoms with Crippen molar-refractivity contribution < 1.29 is 19.7 Å². The number of hydrogen-bond donors (Lipinski definition) is 2. The second-order valence-corrected chi connectivity index (χ2v) is 4.63. The van der Waals surface area contributed by atoms with Crippen molar-refractivity contribution in [1.29, 1.82) is 0 Å². The van der Waals surface area contributed by atoms with Gasteiger partial charge in [-0.1, -0.05) is 0 Å². The standard InChI is InChI=1S/C14H19NO4/c16-9-10-19-13-5-7-15(8-6-13)14(18)11-1-3-12(17)4-2-11/h1-4,13,16-17H,5-10H2. The number of nitrogens with zero attached hydrogens (tertiary/aromatic N) is 1. The number of hydrogen-bond acceptors (Lipinski definition) is 4. The van der Waals surface area contributed by atoms with Gasteiger partial charge in [0.2, 0.25) is 0 Å². The topological polar surface area (TPSA) is 70.0 Å². The molecule has 0 bridgehead atoms. The summed E-state index contributed by atoms with van der Waals surface area (Å²) in [5.41, 5.74) is 0.590. The number of ether oxygens (including phenoxy) is 1. The van der Waals surface area contributed by atoms with Crippen molar-refractivity contribution in [2.75, 3.05) is 26.3 Å². The van der Waals surface area contributed by atoms with E-state index in [0.29, 0.717) is 25.3 Å². The van der Waals surface area contributed by atoms with E-state index >= 15 is 0 Å². The number of phenolic OH excluding ortho intramolecular Hbond substituents is 1. The van der Waals surface area contributed by atoms with Crippen molar-refractivity contribution in [2.24, 2.45) is 0 Å². The quantitative estimate of drug-likeness (QED) is 0.852. The number of phenols is 1. The molecule has 5 nitrogen and oxygen atoms in total. The number of carbonyl (C=O) groups excluding carboxylic acids is 1.